The number of hydrogen-bond donors (Lipinski definition) is 2. The molecule has 0 spiro atoms. The number of benzene rings is 3. The van der Waals surface area contributed by atoms with Crippen LogP contribution in [0.5, 0.6) is 5.75 Å². The molecule has 0 unspecified atom stereocenters. The topological polar surface area (TPSA) is 63.9 Å². The van der Waals surface area contributed by atoms with Gasteiger partial charge in [-0.1, -0.05) is 60.7 Å². The third-order valence-corrected chi connectivity index (χ3v) is 4.17. The van der Waals surface area contributed by atoms with Crippen molar-refractivity contribution in [2.45, 2.75) is 6.61 Å². The minimum absolute atomic E-state index is 0.415. The van der Waals surface area contributed by atoms with Crippen LogP contribution in [0, 0.1) is 0 Å². The number of aromatic amines is 1. The Hall–Kier alpha value is -3.53. The third-order valence-electron chi connectivity index (χ3n) is 4.17. The predicted molar refractivity (Wildman–Crippen MR) is 105 cm³/mol. The van der Waals surface area contributed by atoms with E-state index in [-0.39, 0.29) is 0 Å². The fraction of sp³-hybridized carbons (Fsp3) is 0.0455. The molecule has 0 saturated carbocycles. The first-order valence-corrected chi connectivity index (χ1v) is 8.46. The van der Waals surface area contributed by atoms with Crippen LogP contribution in [-0.2, 0) is 6.61 Å². The van der Waals surface area contributed by atoms with Crippen LogP contribution in [0.15, 0.2) is 84.9 Å². The molecule has 4 rings (SSSR count). The lowest BCUT2D eigenvalue weighted by atomic mass is 10.0. The van der Waals surface area contributed by atoms with Gasteiger partial charge in [-0.05, 0) is 29.3 Å². The van der Waals surface area contributed by atoms with E-state index in [9.17, 15) is 0 Å². The van der Waals surface area contributed by atoms with E-state index in [0.717, 1.165) is 22.7 Å². The van der Waals surface area contributed by atoms with E-state index in [0.29, 0.717) is 12.3 Å². The summed E-state index contributed by atoms with van der Waals surface area (Å²) >= 11 is 0. The number of nitrogens with two attached hydrogens (primary N) is 1. The highest BCUT2D eigenvalue weighted by Crippen LogP contribution is 2.24. The Morgan fingerprint density at radius 3 is 2.27 bits per heavy atom. The summed E-state index contributed by atoms with van der Waals surface area (Å²) in [7, 11) is 0. The van der Waals surface area contributed by atoms with Gasteiger partial charge in [0.05, 0.1) is 11.4 Å². The Morgan fingerprint density at radius 1 is 0.769 bits per heavy atom. The van der Waals surface area contributed by atoms with Crippen molar-refractivity contribution >= 4 is 5.69 Å². The average molecular weight is 341 g/mol. The summed E-state index contributed by atoms with van der Waals surface area (Å²) < 4.78 is 5.75. The molecule has 4 aromatic rings. The number of aromatic nitrogens is 2. The predicted octanol–water partition coefficient (Wildman–Crippen LogP) is 4.90. The SMILES string of the molecule is Nc1cccc(OCc2cc(-c3ccc(-c4ccccc4)cc3)n[nH]2)c1. The normalized spacial score (nSPS) is 10.6. The summed E-state index contributed by atoms with van der Waals surface area (Å²) in [4.78, 5) is 0. The molecule has 4 heteroatoms. The second kappa shape index (κ2) is 7.15. The highest BCUT2D eigenvalue weighted by molar-refractivity contribution is 5.68. The molecule has 0 radical (unpaired) electrons. The van der Waals surface area contributed by atoms with Gasteiger partial charge in [-0.25, -0.2) is 0 Å². The Kier molecular flexibility index (Phi) is 4.39. The van der Waals surface area contributed by atoms with Crippen molar-refractivity contribution in [3.63, 3.8) is 0 Å². The van der Waals surface area contributed by atoms with Crippen LogP contribution < -0.4 is 10.5 Å². The molecule has 1 heterocycles. The van der Waals surface area contributed by atoms with Crippen LogP contribution in [0.1, 0.15) is 5.69 Å². The molecule has 0 saturated heterocycles. The number of nitrogens with zero attached hydrogens (tertiary/aromatic N) is 1. The molecule has 0 bridgehead atoms. The van der Waals surface area contributed by atoms with Crippen molar-refractivity contribution in [1.29, 1.82) is 0 Å². The quantitative estimate of drug-likeness (QED) is 0.507. The van der Waals surface area contributed by atoms with Gasteiger partial charge in [0.15, 0.2) is 0 Å². The molecular weight excluding hydrogens is 322 g/mol. The molecule has 0 fully saturated rings. The summed E-state index contributed by atoms with van der Waals surface area (Å²) in [6.07, 6.45) is 0. The lowest BCUT2D eigenvalue weighted by Crippen LogP contribution is -1.96. The first-order valence-electron chi connectivity index (χ1n) is 8.46. The molecule has 3 aromatic carbocycles. The fourth-order valence-electron chi connectivity index (χ4n) is 2.81. The Morgan fingerprint density at radius 2 is 1.50 bits per heavy atom. The molecule has 128 valence electrons. The molecule has 0 aliphatic heterocycles. The molecule has 0 aliphatic carbocycles. The standard InChI is InChI=1S/C22H19N3O/c23-19-7-4-8-21(13-19)26-15-20-14-22(25-24-20)18-11-9-17(10-12-18)16-5-2-1-3-6-16/h1-14H,15,23H2,(H,24,25). The van der Waals surface area contributed by atoms with Crippen molar-refractivity contribution in [2.75, 3.05) is 5.73 Å². The van der Waals surface area contributed by atoms with E-state index in [1.807, 2.05) is 42.5 Å². The smallest absolute Gasteiger partial charge is 0.130 e. The van der Waals surface area contributed by atoms with Crippen molar-refractivity contribution < 1.29 is 4.74 Å². The number of hydrogen-bond acceptors (Lipinski definition) is 3. The summed E-state index contributed by atoms with van der Waals surface area (Å²) in [5, 5.41) is 7.42. The summed E-state index contributed by atoms with van der Waals surface area (Å²) in [6, 6.07) is 28.1. The second-order valence-corrected chi connectivity index (χ2v) is 6.08. The Bertz CT molecular complexity index is 991. The number of anilines is 1. The van der Waals surface area contributed by atoms with Gasteiger partial charge < -0.3 is 10.5 Å². The zero-order chi connectivity index (χ0) is 17.8. The van der Waals surface area contributed by atoms with Gasteiger partial charge in [-0.3, -0.25) is 5.10 Å². The van der Waals surface area contributed by atoms with Gasteiger partial charge in [0.2, 0.25) is 0 Å². The first-order chi connectivity index (χ1) is 12.8. The van der Waals surface area contributed by atoms with E-state index < -0.39 is 0 Å². The minimum atomic E-state index is 0.415. The number of H-pyrrole nitrogens is 1. The van der Waals surface area contributed by atoms with Gasteiger partial charge >= 0.3 is 0 Å². The van der Waals surface area contributed by atoms with Gasteiger partial charge in [0, 0.05) is 17.3 Å². The van der Waals surface area contributed by atoms with E-state index in [4.69, 9.17) is 10.5 Å². The minimum Gasteiger partial charge on any atom is -0.487 e. The number of nitrogens with one attached hydrogen (secondary N) is 1. The largest absolute Gasteiger partial charge is 0.487 e. The maximum Gasteiger partial charge on any atom is 0.130 e. The van der Waals surface area contributed by atoms with E-state index >= 15 is 0 Å². The van der Waals surface area contributed by atoms with Gasteiger partial charge in [-0.15, -0.1) is 0 Å². The number of ether oxygens (including phenoxy) is 1. The zero-order valence-electron chi connectivity index (χ0n) is 14.2. The van der Waals surface area contributed by atoms with Crippen LogP contribution in [0.4, 0.5) is 5.69 Å². The zero-order valence-corrected chi connectivity index (χ0v) is 14.2. The maximum atomic E-state index is 5.76. The molecule has 0 amide bonds. The van der Waals surface area contributed by atoms with Crippen LogP contribution in [0.25, 0.3) is 22.4 Å². The molecule has 26 heavy (non-hydrogen) atoms. The van der Waals surface area contributed by atoms with Gasteiger partial charge in [0.1, 0.15) is 12.4 Å². The number of rotatable bonds is 5. The van der Waals surface area contributed by atoms with E-state index in [1.165, 1.54) is 11.1 Å². The second-order valence-electron chi connectivity index (χ2n) is 6.08. The van der Waals surface area contributed by atoms with Gasteiger partial charge in [-0.2, -0.15) is 5.10 Å². The third kappa shape index (κ3) is 3.59. The van der Waals surface area contributed by atoms with E-state index in [2.05, 4.69) is 46.6 Å². The molecule has 1 aromatic heterocycles. The molecule has 0 atom stereocenters. The summed E-state index contributed by atoms with van der Waals surface area (Å²) in [5.74, 6) is 0.744. The molecule has 3 N–H and O–H groups in total. The molecule has 0 aliphatic rings. The maximum absolute atomic E-state index is 5.76. The first kappa shape index (κ1) is 16.0. The highest BCUT2D eigenvalue weighted by Gasteiger charge is 2.06. The van der Waals surface area contributed by atoms with Crippen molar-refractivity contribution in [3.05, 3.63) is 90.6 Å². The van der Waals surface area contributed by atoms with Crippen LogP contribution in [-0.4, -0.2) is 10.2 Å². The highest BCUT2D eigenvalue weighted by atomic mass is 16.5. The van der Waals surface area contributed by atoms with Crippen molar-refractivity contribution in [3.8, 4) is 28.1 Å². The lowest BCUT2D eigenvalue weighted by Gasteiger charge is -2.04. The van der Waals surface area contributed by atoms with Crippen LogP contribution in [0.2, 0.25) is 0 Å². The Labute approximate surface area is 152 Å². The summed E-state index contributed by atoms with van der Waals surface area (Å²) in [5.41, 5.74) is 11.7. The molecular formula is C22H19N3O. The average Bonchev–Trinajstić information content (AvgIpc) is 3.16. The van der Waals surface area contributed by atoms with E-state index in [1.54, 1.807) is 6.07 Å². The Balaban J connectivity index is 1.46. The van der Waals surface area contributed by atoms with Crippen molar-refractivity contribution in [1.82, 2.24) is 10.2 Å². The monoisotopic (exact) mass is 341 g/mol. The van der Waals surface area contributed by atoms with Gasteiger partial charge in [0.25, 0.3) is 0 Å². The lowest BCUT2D eigenvalue weighted by molar-refractivity contribution is 0.301. The fourth-order valence-corrected chi connectivity index (χ4v) is 2.81. The van der Waals surface area contributed by atoms with Crippen LogP contribution >= 0.6 is 0 Å². The van der Waals surface area contributed by atoms with Crippen molar-refractivity contribution in [2.24, 2.45) is 0 Å². The molecule has 4 nitrogen and oxygen atoms in total. The number of nitrogen functional groups attached to an aromatic ring is 1. The van der Waals surface area contributed by atoms with Crippen LogP contribution in [0.3, 0.4) is 0 Å². The summed E-state index contributed by atoms with van der Waals surface area (Å²) in [6.45, 7) is 0.415.